The second-order valence-corrected chi connectivity index (χ2v) is 4.77. The van der Waals surface area contributed by atoms with E-state index in [0.29, 0.717) is 5.76 Å². The van der Waals surface area contributed by atoms with Crippen molar-refractivity contribution in [2.45, 2.75) is 12.8 Å². The van der Waals surface area contributed by atoms with Gasteiger partial charge in [0.2, 0.25) is 5.75 Å². The monoisotopic (exact) mass is 286 g/mol. The zero-order chi connectivity index (χ0) is 15.0. The molecule has 0 amide bonds. The van der Waals surface area contributed by atoms with E-state index in [0.717, 1.165) is 24.5 Å². The van der Waals surface area contributed by atoms with E-state index in [-0.39, 0.29) is 33.6 Å². The van der Waals surface area contributed by atoms with Gasteiger partial charge < -0.3 is 19.4 Å². The van der Waals surface area contributed by atoms with Crippen LogP contribution in [0.15, 0.2) is 39.6 Å². The zero-order valence-corrected chi connectivity index (χ0v) is 11.4. The molecule has 0 radical (unpaired) electrons. The van der Waals surface area contributed by atoms with Crippen molar-refractivity contribution in [2.24, 2.45) is 0 Å². The summed E-state index contributed by atoms with van der Waals surface area (Å²) in [4.78, 5) is 12.2. The first kappa shape index (κ1) is 13.3. The molecular formula is C16H14O5. The molecule has 1 aliphatic rings. The second-order valence-electron chi connectivity index (χ2n) is 4.77. The maximum Gasteiger partial charge on any atom is 0.204 e. The number of phenols is 2. The van der Waals surface area contributed by atoms with Crippen LogP contribution in [-0.2, 0) is 0 Å². The molecule has 1 aromatic heterocycles. The number of aromatic hydroxyl groups is 2. The number of phenolic OH excluding ortho intramolecular Hbond substituents is 2. The van der Waals surface area contributed by atoms with Crippen LogP contribution in [0.5, 0.6) is 17.2 Å². The maximum absolute atomic E-state index is 12.2. The van der Waals surface area contributed by atoms with E-state index in [2.05, 4.69) is 0 Å². The molecule has 5 nitrogen and oxygen atoms in total. The third-order valence-electron chi connectivity index (χ3n) is 3.40. The van der Waals surface area contributed by atoms with Gasteiger partial charge in [0, 0.05) is 17.7 Å². The molecule has 0 bridgehead atoms. The Labute approximate surface area is 120 Å². The molecule has 0 unspecified atom stereocenters. The molecule has 0 atom stereocenters. The molecule has 1 heterocycles. The first-order valence-electron chi connectivity index (χ1n) is 6.55. The lowest BCUT2D eigenvalue weighted by molar-refractivity contribution is 0.366. The highest BCUT2D eigenvalue weighted by Gasteiger charge is 2.19. The molecule has 0 saturated heterocycles. The second kappa shape index (κ2) is 5.01. The number of methoxy groups -OCH3 is 1. The summed E-state index contributed by atoms with van der Waals surface area (Å²) in [6.45, 7) is 0. The quantitative estimate of drug-likeness (QED) is 0.887. The fourth-order valence-electron chi connectivity index (χ4n) is 2.42. The predicted octanol–water partition coefficient (Wildman–Crippen LogP) is 2.95. The molecule has 21 heavy (non-hydrogen) atoms. The molecule has 2 aromatic rings. The zero-order valence-electron chi connectivity index (χ0n) is 11.4. The van der Waals surface area contributed by atoms with Crippen molar-refractivity contribution >= 4 is 16.5 Å². The Kier molecular flexibility index (Phi) is 3.17. The first-order valence-corrected chi connectivity index (χ1v) is 6.55. The highest BCUT2D eigenvalue weighted by atomic mass is 16.5. The summed E-state index contributed by atoms with van der Waals surface area (Å²) in [6, 6.07) is 2.40. The average Bonchev–Trinajstić information content (AvgIpc) is 2.47. The van der Waals surface area contributed by atoms with Gasteiger partial charge in [0.1, 0.15) is 16.9 Å². The summed E-state index contributed by atoms with van der Waals surface area (Å²) in [5.41, 5.74) is 0.449. The maximum atomic E-state index is 12.2. The summed E-state index contributed by atoms with van der Waals surface area (Å²) < 4.78 is 10.8. The third kappa shape index (κ3) is 2.16. The van der Waals surface area contributed by atoms with E-state index in [1.165, 1.54) is 13.2 Å². The standard InChI is InChI=1S/C16H14O5/c1-20-15-12(19)7-10(17)14-11(18)8-13(21-16(14)15)9-5-3-2-4-6-9/h3,5-8,17,19H,2,4H2,1H3. The lowest BCUT2D eigenvalue weighted by atomic mass is 10.0. The molecule has 1 aliphatic carbocycles. The van der Waals surface area contributed by atoms with Crippen molar-refractivity contribution in [2.75, 3.05) is 7.11 Å². The minimum absolute atomic E-state index is 0.00575. The molecule has 3 rings (SSSR count). The van der Waals surface area contributed by atoms with Crippen molar-refractivity contribution in [3.05, 3.63) is 46.3 Å². The number of benzene rings is 1. The van der Waals surface area contributed by atoms with Gasteiger partial charge in [-0.05, 0) is 12.8 Å². The van der Waals surface area contributed by atoms with Crippen LogP contribution < -0.4 is 10.2 Å². The number of fused-ring (bicyclic) bond motifs is 1. The molecule has 0 saturated carbocycles. The summed E-state index contributed by atoms with van der Waals surface area (Å²) in [5.74, 6) is -0.207. The van der Waals surface area contributed by atoms with Gasteiger partial charge in [0.25, 0.3) is 0 Å². The van der Waals surface area contributed by atoms with Gasteiger partial charge in [0.05, 0.1) is 7.11 Å². The van der Waals surface area contributed by atoms with E-state index in [4.69, 9.17) is 9.15 Å². The lowest BCUT2D eigenvalue weighted by Crippen LogP contribution is -2.03. The number of ether oxygens (including phenoxy) is 1. The van der Waals surface area contributed by atoms with Crippen molar-refractivity contribution in [1.82, 2.24) is 0 Å². The van der Waals surface area contributed by atoms with Crippen LogP contribution in [0.4, 0.5) is 0 Å². The van der Waals surface area contributed by atoms with Crippen LogP contribution in [0.3, 0.4) is 0 Å². The normalized spacial score (nSPS) is 14.2. The minimum atomic E-state index is -0.387. The van der Waals surface area contributed by atoms with Crippen LogP contribution in [0.2, 0.25) is 0 Å². The van der Waals surface area contributed by atoms with E-state index in [1.807, 2.05) is 18.2 Å². The lowest BCUT2D eigenvalue weighted by Gasteiger charge is -2.11. The highest BCUT2D eigenvalue weighted by Crippen LogP contribution is 2.39. The van der Waals surface area contributed by atoms with Crippen molar-refractivity contribution in [1.29, 1.82) is 0 Å². The molecule has 0 spiro atoms. The number of allylic oxidation sites excluding steroid dienone is 4. The SMILES string of the molecule is COc1c(O)cc(O)c2c(=O)cc(C3=CCCC=C3)oc12. The molecular weight excluding hydrogens is 272 g/mol. The van der Waals surface area contributed by atoms with Crippen LogP contribution in [0.25, 0.3) is 16.5 Å². The minimum Gasteiger partial charge on any atom is -0.507 e. The summed E-state index contributed by atoms with van der Waals surface area (Å²) in [7, 11) is 1.36. The van der Waals surface area contributed by atoms with Gasteiger partial charge in [-0.25, -0.2) is 0 Å². The van der Waals surface area contributed by atoms with E-state index >= 15 is 0 Å². The van der Waals surface area contributed by atoms with Gasteiger partial charge in [-0.3, -0.25) is 4.79 Å². The summed E-state index contributed by atoms with van der Waals surface area (Å²) in [5, 5.41) is 19.7. The van der Waals surface area contributed by atoms with E-state index in [1.54, 1.807) is 0 Å². The molecule has 1 aromatic carbocycles. The topological polar surface area (TPSA) is 79.9 Å². The van der Waals surface area contributed by atoms with Crippen LogP contribution >= 0.6 is 0 Å². The van der Waals surface area contributed by atoms with Gasteiger partial charge in [0.15, 0.2) is 16.8 Å². The Morgan fingerprint density at radius 1 is 1.19 bits per heavy atom. The van der Waals surface area contributed by atoms with E-state index in [9.17, 15) is 15.0 Å². The Morgan fingerprint density at radius 3 is 2.67 bits per heavy atom. The van der Waals surface area contributed by atoms with Gasteiger partial charge in [-0.1, -0.05) is 18.2 Å². The Bertz CT molecular complexity index is 827. The summed E-state index contributed by atoms with van der Waals surface area (Å²) in [6.07, 6.45) is 7.67. The first-order chi connectivity index (χ1) is 10.1. The molecule has 108 valence electrons. The van der Waals surface area contributed by atoms with Gasteiger partial charge in [-0.15, -0.1) is 0 Å². The van der Waals surface area contributed by atoms with Crippen LogP contribution in [-0.4, -0.2) is 17.3 Å². The smallest absolute Gasteiger partial charge is 0.204 e. The molecule has 2 N–H and O–H groups in total. The fraction of sp³-hybridized carbons (Fsp3) is 0.188. The Balaban J connectivity index is 2.35. The fourth-order valence-corrected chi connectivity index (χ4v) is 2.42. The largest absolute Gasteiger partial charge is 0.507 e. The van der Waals surface area contributed by atoms with E-state index < -0.39 is 0 Å². The van der Waals surface area contributed by atoms with Crippen molar-refractivity contribution in [3.63, 3.8) is 0 Å². The number of hydrogen-bond acceptors (Lipinski definition) is 5. The Morgan fingerprint density at radius 2 is 2.00 bits per heavy atom. The molecule has 5 heteroatoms. The number of hydrogen-bond donors (Lipinski definition) is 2. The van der Waals surface area contributed by atoms with Gasteiger partial charge in [-0.2, -0.15) is 0 Å². The third-order valence-corrected chi connectivity index (χ3v) is 3.40. The average molecular weight is 286 g/mol. The van der Waals surface area contributed by atoms with Gasteiger partial charge >= 0.3 is 0 Å². The number of rotatable bonds is 2. The van der Waals surface area contributed by atoms with Crippen molar-refractivity contribution in [3.8, 4) is 17.2 Å². The van der Waals surface area contributed by atoms with Crippen LogP contribution in [0.1, 0.15) is 18.6 Å². The summed E-state index contributed by atoms with van der Waals surface area (Å²) >= 11 is 0. The highest BCUT2D eigenvalue weighted by molar-refractivity contribution is 5.91. The van der Waals surface area contributed by atoms with Crippen molar-refractivity contribution < 1.29 is 19.4 Å². The molecule has 0 aliphatic heterocycles. The molecule has 0 fully saturated rings. The predicted molar refractivity (Wildman–Crippen MR) is 78.7 cm³/mol. The Hall–Kier alpha value is -2.69. The van der Waals surface area contributed by atoms with Crippen LogP contribution in [0, 0.1) is 0 Å².